The smallest absolute Gasteiger partial charge is 0.315 e. The third-order valence-electron chi connectivity index (χ3n) is 2.87. The summed E-state index contributed by atoms with van der Waals surface area (Å²) in [4.78, 5) is 11.8. The number of carbonyl (C=O) groups is 1. The van der Waals surface area contributed by atoms with Gasteiger partial charge in [0, 0.05) is 5.02 Å². The fraction of sp³-hybridized carbons (Fsp3) is 0.188. The molecule has 4 heteroatoms. The van der Waals surface area contributed by atoms with Crippen LogP contribution in [0.25, 0.3) is 0 Å². The monoisotopic (exact) mass is 290 g/mol. The molecule has 0 radical (unpaired) electrons. The van der Waals surface area contributed by atoms with Crippen LogP contribution in [0.15, 0.2) is 42.5 Å². The number of rotatable bonds is 4. The van der Waals surface area contributed by atoms with Gasteiger partial charge in [0.15, 0.2) is 0 Å². The summed E-state index contributed by atoms with van der Waals surface area (Å²) in [7, 11) is 1.60. The van der Waals surface area contributed by atoms with E-state index < -0.39 is 0 Å². The van der Waals surface area contributed by atoms with E-state index in [1.165, 1.54) is 0 Å². The Labute approximate surface area is 123 Å². The number of benzene rings is 2. The molecule has 0 atom stereocenters. The molecule has 0 saturated heterocycles. The van der Waals surface area contributed by atoms with E-state index in [9.17, 15) is 4.79 Å². The lowest BCUT2D eigenvalue weighted by Gasteiger charge is -2.06. The summed E-state index contributed by atoms with van der Waals surface area (Å²) in [5.41, 5.74) is 1.75. The molecular weight excluding hydrogens is 276 g/mol. The highest BCUT2D eigenvalue weighted by Crippen LogP contribution is 2.21. The van der Waals surface area contributed by atoms with E-state index in [0.29, 0.717) is 10.8 Å². The predicted octanol–water partition coefficient (Wildman–Crippen LogP) is 3.81. The van der Waals surface area contributed by atoms with Gasteiger partial charge < -0.3 is 9.47 Å². The van der Waals surface area contributed by atoms with E-state index in [4.69, 9.17) is 21.1 Å². The second-order valence-electron chi connectivity index (χ2n) is 4.41. The summed E-state index contributed by atoms with van der Waals surface area (Å²) in [5.74, 6) is 0.956. The van der Waals surface area contributed by atoms with Crippen molar-refractivity contribution in [3.63, 3.8) is 0 Å². The van der Waals surface area contributed by atoms with Gasteiger partial charge in [0.05, 0.1) is 13.5 Å². The quantitative estimate of drug-likeness (QED) is 0.634. The maximum absolute atomic E-state index is 11.8. The first kappa shape index (κ1) is 14.4. The molecule has 0 aromatic heterocycles. The maximum Gasteiger partial charge on any atom is 0.315 e. The van der Waals surface area contributed by atoms with Crippen LogP contribution in [0.1, 0.15) is 11.1 Å². The normalized spacial score (nSPS) is 10.2. The van der Waals surface area contributed by atoms with Crippen LogP contribution in [-0.2, 0) is 11.2 Å². The minimum atomic E-state index is -0.308. The number of methoxy groups -OCH3 is 1. The van der Waals surface area contributed by atoms with Crippen molar-refractivity contribution in [3.05, 3.63) is 58.6 Å². The summed E-state index contributed by atoms with van der Waals surface area (Å²) in [6.45, 7) is 1.86. The molecule has 2 aromatic carbocycles. The summed E-state index contributed by atoms with van der Waals surface area (Å²) in [5, 5.41) is 0.653. The molecule has 0 aliphatic rings. The Morgan fingerprint density at radius 1 is 1.10 bits per heavy atom. The number of aryl methyl sites for hydroxylation is 1. The Morgan fingerprint density at radius 3 is 2.35 bits per heavy atom. The Morgan fingerprint density at radius 2 is 1.75 bits per heavy atom. The van der Waals surface area contributed by atoms with Crippen LogP contribution in [0.5, 0.6) is 11.5 Å². The first-order valence-electron chi connectivity index (χ1n) is 6.18. The van der Waals surface area contributed by atoms with Crippen LogP contribution in [0.3, 0.4) is 0 Å². The van der Waals surface area contributed by atoms with Crippen LogP contribution in [0.2, 0.25) is 5.02 Å². The highest BCUT2D eigenvalue weighted by molar-refractivity contribution is 6.31. The van der Waals surface area contributed by atoms with Crippen LogP contribution in [-0.4, -0.2) is 13.1 Å². The van der Waals surface area contributed by atoms with Gasteiger partial charge in [0.25, 0.3) is 0 Å². The molecule has 104 valence electrons. The standard InChI is InChI=1S/C16H15ClO3/c1-11-9-14(7-8-15(11)17)20-16(18)10-12-3-5-13(19-2)6-4-12/h3-9H,10H2,1-2H3. The van der Waals surface area contributed by atoms with Crippen LogP contribution < -0.4 is 9.47 Å². The first-order chi connectivity index (χ1) is 9.58. The van der Waals surface area contributed by atoms with Crippen molar-refractivity contribution < 1.29 is 14.3 Å². The molecule has 0 N–H and O–H groups in total. The molecule has 0 spiro atoms. The van der Waals surface area contributed by atoms with Crippen LogP contribution in [0.4, 0.5) is 0 Å². The maximum atomic E-state index is 11.8. The average Bonchev–Trinajstić information content (AvgIpc) is 2.44. The SMILES string of the molecule is COc1ccc(CC(=O)Oc2ccc(Cl)c(C)c2)cc1. The van der Waals surface area contributed by atoms with Gasteiger partial charge >= 0.3 is 5.97 Å². The topological polar surface area (TPSA) is 35.5 Å². The summed E-state index contributed by atoms with van der Waals surface area (Å²) in [6.07, 6.45) is 0.214. The number of esters is 1. The zero-order valence-corrected chi connectivity index (χ0v) is 12.1. The van der Waals surface area contributed by atoms with Gasteiger partial charge in [-0.25, -0.2) is 0 Å². The van der Waals surface area contributed by atoms with Crippen molar-refractivity contribution in [1.29, 1.82) is 0 Å². The van der Waals surface area contributed by atoms with Gasteiger partial charge in [0.2, 0.25) is 0 Å². The minimum Gasteiger partial charge on any atom is -0.497 e. The van der Waals surface area contributed by atoms with Gasteiger partial charge in [-0.15, -0.1) is 0 Å². The fourth-order valence-electron chi connectivity index (χ4n) is 1.76. The lowest BCUT2D eigenvalue weighted by molar-refractivity contribution is -0.133. The van der Waals surface area contributed by atoms with E-state index in [1.54, 1.807) is 25.3 Å². The zero-order chi connectivity index (χ0) is 14.5. The molecule has 2 rings (SSSR count). The van der Waals surface area contributed by atoms with Crippen molar-refractivity contribution in [2.75, 3.05) is 7.11 Å². The molecular formula is C16H15ClO3. The molecule has 0 unspecified atom stereocenters. The van der Waals surface area contributed by atoms with Crippen LogP contribution in [0, 0.1) is 6.92 Å². The third kappa shape index (κ3) is 3.75. The average molecular weight is 291 g/mol. The number of halogens is 1. The molecule has 0 heterocycles. The van der Waals surface area contributed by atoms with Crippen molar-refractivity contribution in [2.24, 2.45) is 0 Å². The van der Waals surface area contributed by atoms with E-state index in [0.717, 1.165) is 16.9 Å². The molecule has 0 aliphatic heterocycles. The Balaban J connectivity index is 1.99. The summed E-state index contributed by atoms with van der Waals surface area (Å²) >= 11 is 5.92. The van der Waals surface area contributed by atoms with E-state index in [2.05, 4.69) is 0 Å². The Kier molecular flexibility index (Phi) is 4.64. The van der Waals surface area contributed by atoms with Gasteiger partial charge in [0.1, 0.15) is 11.5 Å². The van der Waals surface area contributed by atoms with Crippen molar-refractivity contribution >= 4 is 17.6 Å². The zero-order valence-electron chi connectivity index (χ0n) is 11.4. The minimum absolute atomic E-state index is 0.214. The molecule has 0 saturated carbocycles. The largest absolute Gasteiger partial charge is 0.497 e. The van der Waals surface area contributed by atoms with E-state index in [-0.39, 0.29) is 12.4 Å². The number of hydrogen-bond donors (Lipinski definition) is 0. The number of carbonyl (C=O) groups excluding carboxylic acids is 1. The fourth-order valence-corrected chi connectivity index (χ4v) is 1.88. The van der Waals surface area contributed by atoms with Crippen molar-refractivity contribution in [1.82, 2.24) is 0 Å². The van der Waals surface area contributed by atoms with E-state index in [1.807, 2.05) is 31.2 Å². The van der Waals surface area contributed by atoms with Gasteiger partial charge in [-0.3, -0.25) is 4.79 Å². The molecule has 2 aromatic rings. The number of ether oxygens (including phenoxy) is 2. The van der Waals surface area contributed by atoms with E-state index >= 15 is 0 Å². The number of hydrogen-bond acceptors (Lipinski definition) is 3. The molecule has 20 heavy (non-hydrogen) atoms. The van der Waals surface area contributed by atoms with Crippen molar-refractivity contribution in [3.8, 4) is 11.5 Å². The molecule has 3 nitrogen and oxygen atoms in total. The molecule has 0 amide bonds. The summed E-state index contributed by atoms with van der Waals surface area (Å²) < 4.78 is 10.3. The highest BCUT2D eigenvalue weighted by Gasteiger charge is 2.07. The second kappa shape index (κ2) is 6.44. The second-order valence-corrected chi connectivity index (χ2v) is 4.82. The highest BCUT2D eigenvalue weighted by atomic mass is 35.5. The Hall–Kier alpha value is -2.00. The lowest BCUT2D eigenvalue weighted by Crippen LogP contribution is -2.11. The molecule has 0 fully saturated rings. The molecule has 0 bridgehead atoms. The predicted molar refractivity (Wildman–Crippen MR) is 78.5 cm³/mol. The third-order valence-corrected chi connectivity index (χ3v) is 3.29. The van der Waals surface area contributed by atoms with Crippen LogP contribution >= 0.6 is 11.6 Å². The first-order valence-corrected chi connectivity index (χ1v) is 6.56. The van der Waals surface area contributed by atoms with Crippen molar-refractivity contribution in [2.45, 2.75) is 13.3 Å². The summed E-state index contributed by atoms with van der Waals surface area (Å²) in [6, 6.07) is 12.5. The van der Waals surface area contributed by atoms with Gasteiger partial charge in [-0.1, -0.05) is 23.7 Å². The van der Waals surface area contributed by atoms with Gasteiger partial charge in [-0.2, -0.15) is 0 Å². The van der Waals surface area contributed by atoms with Gasteiger partial charge in [-0.05, 0) is 48.4 Å². The Bertz CT molecular complexity index is 606. The molecule has 0 aliphatic carbocycles. The lowest BCUT2D eigenvalue weighted by atomic mass is 10.1.